The zero-order chi connectivity index (χ0) is 33.4. The first-order valence-electron chi connectivity index (χ1n) is 15.8. The van der Waals surface area contributed by atoms with E-state index in [0.29, 0.717) is 25.1 Å². The molecule has 0 aromatic heterocycles. The molecule has 0 aliphatic rings. The lowest BCUT2D eigenvalue weighted by atomic mass is 9.97. The maximum Gasteiger partial charge on any atom is 0.254 e. The zero-order valence-corrected chi connectivity index (χ0v) is 27.9. The number of carbonyl (C=O) groups excluding carboxylic acids is 3. The standard InChI is InChI=1S/C38H47N5O3/c1-27(39)31-17-12-18-33(26-31)36(44)42(5)35(25-29-19-20-30-15-10-11-16-32(30)23-29)38(46)43(6)34(24-28-13-8-7-9-14-28)37(45)41(4)22-21-40(2)3/h7-20,23,26-27,34-35H,21-22,24-25,39H2,1-6H3/t27?,34-,35-/m1/s1. The average Bonchev–Trinajstić information content (AvgIpc) is 3.07. The lowest BCUT2D eigenvalue weighted by Gasteiger charge is -2.36. The molecule has 3 amide bonds. The molecule has 8 nitrogen and oxygen atoms in total. The molecular weight excluding hydrogens is 574 g/mol. The van der Waals surface area contributed by atoms with Crippen LogP contribution in [0, 0.1) is 0 Å². The van der Waals surface area contributed by atoms with Gasteiger partial charge in [-0.1, -0.05) is 84.9 Å². The summed E-state index contributed by atoms with van der Waals surface area (Å²) in [5, 5.41) is 2.15. The Bertz CT molecular complexity index is 1640. The molecule has 46 heavy (non-hydrogen) atoms. The normalized spacial score (nSPS) is 13.2. The smallest absolute Gasteiger partial charge is 0.254 e. The number of nitrogens with zero attached hydrogens (tertiary/aromatic N) is 4. The molecule has 0 aliphatic heterocycles. The lowest BCUT2D eigenvalue weighted by Crippen LogP contribution is -2.56. The minimum absolute atomic E-state index is 0.148. The van der Waals surface area contributed by atoms with E-state index in [1.54, 1.807) is 38.2 Å². The van der Waals surface area contributed by atoms with Gasteiger partial charge >= 0.3 is 0 Å². The van der Waals surface area contributed by atoms with Gasteiger partial charge in [-0.2, -0.15) is 0 Å². The Hall–Kier alpha value is -4.53. The van der Waals surface area contributed by atoms with Crippen LogP contribution in [-0.4, -0.2) is 97.7 Å². The second kappa shape index (κ2) is 15.7. The minimum atomic E-state index is -0.865. The van der Waals surface area contributed by atoms with Gasteiger partial charge < -0.3 is 25.3 Å². The second-order valence-corrected chi connectivity index (χ2v) is 12.4. The van der Waals surface area contributed by atoms with Gasteiger partial charge in [0.2, 0.25) is 11.8 Å². The van der Waals surface area contributed by atoms with E-state index in [4.69, 9.17) is 5.73 Å². The number of fused-ring (bicyclic) bond motifs is 1. The number of hydrogen-bond donors (Lipinski definition) is 1. The van der Waals surface area contributed by atoms with Gasteiger partial charge in [-0.15, -0.1) is 0 Å². The molecule has 1 unspecified atom stereocenters. The maximum absolute atomic E-state index is 14.6. The van der Waals surface area contributed by atoms with E-state index >= 15 is 0 Å². The van der Waals surface area contributed by atoms with E-state index in [1.807, 2.05) is 105 Å². The van der Waals surface area contributed by atoms with E-state index in [9.17, 15) is 14.4 Å². The van der Waals surface area contributed by atoms with Crippen LogP contribution in [0.25, 0.3) is 10.8 Å². The molecule has 0 heterocycles. The maximum atomic E-state index is 14.6. The fourth-order valence-electron chi connectivity index (χ4n) is 5.61. The fourth-order valence-corrected chi connectivity index (χ4v) is 5.61. The van der Waals surface area contributed by atoms with Crippen molar-refractivity contribution in [2.75, 3.05) is 48.3 Å². The van der Waals surface area contributed by atoms with Crippen molar-refractivity contribution in [3.63, 3.8) is 0 Å². The molecule has 0 aliphatic carbocycles. The first-order valence-corrected chi connectivity index (χ1v) is 15.8. The van der Waals surface area contributed by atoms with Crippen molar-refractivity contribution < 1.29 is 14.4 Å². The summed E-state index contributed by atoms with van der Waals surface area (Å²) in [5.41, 5.74) is 9.28. The summed E-state index contributed by atoms with van der Waals surface area (Å²) in [6.45, 7) is 3.09. The Morgan fingerprint density at radius 3 is 1.93 bits per heavy atom. The highest BCUT2D eigenvalue weighted by Crippen LogP contribution is 2.22. The van der Waals surface area contributed by atoms with Gasteiger partial charge in [0.1, 0.15) is 12.1 Å². The van der Waals surface area contributed by atoms with Crippen LogP contribution < -0.4 is 5.73 Å². The Kier molecular flexibility index (Phi) is 11.7. The van der Waals surface area contributed by atoms with Crippen molar-refractivity contribution in [2.45, 2.75) is 37.9 Å². The number of rotatable bonds is 13. The molecule has 0 fully saturated rings. The predicted molar refractivity (Wildman–Crippen MR) is 185 cm³/mol. The highest BCUT2D eigenvalue weighted by Gasteiger charge is 2.36. The first kappa shape index (κ1) is 34.3. The number of amides is 3. The SMILES string of the molecule is CC(N)c1cccc(C(=O)N(C)[C@H](Cc2ccc3ccccc3c2)C(=O)N(C)[C@H](Cc2ccccc2)C(=O)N(C)CCN(C)C)c1. The third-order valence-electron chi connectivity index (χ3n) is 8.61. The number of hydrogen-bond acceptors (Lipinski definition) is 5. The molecule has 242 valence electrons. The largest absolute Gasteiger partial charge is 0.343 e. The third kappa shape index (κ3) is 8.59. The molecule has 0 spiro atoms. The molecule has 0 saturated heterocycles. The molecule has 0 saturated carbocycles. The third-order valence-corrected chi connectivity index (χ3v) is 8.61. The van der Waals surface area contributed by atoms with Gasteiger partial charge in [0.25, 0.3) is 5.91 Å². The monoisotopic (exact) mass is 621 g/mol. The molecule has 0 radical (unpaired) electrons. The summed E-state index contributed by atoms with van der Waals surface area (Å²) in [6.07, 6.45) is 0.636. The van der Waals surface area contributed by atoms with Crippen molar-refractivity contribution in [1.82, 2.24) is 19.6 Å². The van der Waals surface area contributed by atoms with Gasteiger partial charge in [-0.3, -0.25) is 14.4 Å². The summed E-state index contributed by atoms with van der Waals surface area (Å²) < 4.78 is 0. The second-order valence-electron chi connectivity index (χ2n) is 12.4. The molecule has 8 heteroatoms. The van der Waals surface area contributed by atoms with Crippen LogP contribution in [0.3, 0.4) is 0 Å². The number of likely N-dealkylation sites (N-methyl/N-ethyl adjacent to an activating group) is 4. The van der Waals surface area contributed by atoms with Crippen molar-refractivity contribution >= 4 is 28.5 Å². The summed E-state index contributed by atoms with van der Waals surface area (Å²) in [4.78, 5) is 49.3. The van der Waals surface area contributed by atoms with E-state index < -0.39 is 12.1 Å². The van der Waals surface area contributed by atoms with Gasteiger partial charge in [0, 0.05) is 58.7 Å². The highest BCUT2D eigenvalue weighted by molar-refractivity contribution is 5.98. The molecular formula is C38H47N5O3. The topological polar surface area (TPSA) is 90.2 Å². The lowest BCUT2D eigenvalue weighted by molar-refractivity contribution is -0.146. The van der Waals surface area contributed by atoms with E-state index in [-0.39, 0.29) is 30.2 Å². The van der Waals surface area contributed by atoms with Crippen LogP contribution >= 0.6 is 0 Å². The van der Waals surface area contributed by atoms with Crippen LogP contribution in [-0.2, 0) is 22.4 Å². The summed E-state index contributed by atoms with van der Waals surface area (Å²) in [5.74, 6) is -0.739. The highest BCUT2D eigenvalue weighted by atomic mass is 16.2. The molecule has 0 bridgehead atoms. The summed E-state index contributed by atoms with van der Waals surface area (Å²) >= 11 is 0. The van der Waals surface area contributed by atoms with Gasteiger partial charge in [-0.05, 0) is 60.6 Å². The molecule has 4 aromatic rings. The predicted octanol–water partition coefficient (Wildman–Crippen LogP) is 4.63. The fraction of sp³-hybridized carbons (Fsp3) is 0.342. The first-order chi connectivity index (χ1) is 22.0. The van der Waals surface area contributed by atoms with E-state index in [0.717, 1.165) is 27.5 Å². The Morgan fingerprint density at radius 2 is 1.26 bits per heavy atom. The van der Waals surface area contributed by atoms with Crippen LogP contribution in [0.15, 0.2) is 97.1 Å². The Labute approximate surface area is 273 Å². The molecule has 3 atom stereocenters. The molecule has 4 rings (SSSR count). The van der Waals surface area contributed by atoms with Crippen molar-refractivity contribution in [2.24, 2.45) is 5.73 Å². The summed E-state index contributed by atoms with van der Waals surface area (Å²) in [6, 6.07) is 29.2. The Balaban J connectivity index is 1.71. The van der Waals surface area contributed by atoms with Gasteiger partial charge in [0.15, 0.2) is 0 Å². The molecule has 2 N–H and O–H groups in total. The van der Waals surface area contributed by atoms with Crippen molar-refractivity contribution in [1.29, 1.82) is 0 Å². The van der Waals surface area contributed by atoms with E-state index in [2.05, 4.69) is 6.07 Å². The van der Waals surface area contributed by atoms with Crippen LogP contribution in [0.2, 0.25) is 0 Å². The number of benzene rings is 4. The summed E-state index contributed by atoms with van der Waals surface area (Å²) in [7, 11) is 9.04. The van der Waals surface area contributed by atoms with Crippen molar-refractivity contribution in [3.05, 3.63) is 119 Å². The zero-order valence-electron chi connectivity index (χ0n) is 27.9. The van der Waals surface area contributed by atoms with Crippen LogP contribution in [0.1, 0.15) is 40.0 Å². The number of carbonyl (C=O) groups is 3. The van der Waals surface area contributed by atoms with Gasteiger partial charge in [0.05, 0.1) is 0 Å². The van der Waals surface area contributed by atoms with Gasteiger partial charge in [-0.25, -0.2) is 0 Å². The number of nitrogens with two attached hydrogens (primary N) is 1. The average molecular weight is 622 g/mol. The van der Waals surface area contributed by atoms with Crippen LogP contribution in [0.4, 0.5) is 0 Å². The van der Waals surface area contributed by atoms with Crippen molar-refractivity contribution in [3.8, 4) is 0 Å². The van der Waals surface area contributed by atoms with Crippen LogP contribution in [0.5, 0.6) is 0 Å². The quantitative estimate of drug-likeness (QED) is 0.235. The van der Waals surface area contributed by atoms with E-state index in [1.165, 1.54) is 9.80 Å². The Morgan fingerprint density at radius 1 is 0.630 bits per heavy atom. The molecule has 4 aromatic carbocycles. The minimum Gasteiger partial charge on any atom is -0.343 e.